The monoisotopic (exact) mass is 372 g/mol. The van der Waals surface area contributed by atoms with E-state index in [2.05, 4.69) is 38.2 Å². The van der Waals surface area contributed by atoms with Crippen LogP contribution in [0.2, 0.25) is 0 Å². The maximum absolute atomic E-state index is 3.78. The van der Waals surface area contributed by atoms with Crippen LogP contribution in [0.25, 0.3) is 0 Å². The van der Waals surface area contributed by atoms with Crippen molar-refractivity contribution in [3.05, 3.63) is 61.2 Å². The van der Waals surface area contributed by atoms with Crippen LogP contribution >= 0.6 is 28.2 Å². The standard InChI is InChI=1S/2C5H5N.2BrH.Fe/c2*1-2-4-6-5-3-1;;;/h2*1-5H;2*1H;/q;;;;+2/p-2. The molecule has 0 bridgehead atoms. The Kier molecular flexibility index (Phi) is 13.6. The molecule has 15 heavy (non-hydrogen) atoms. The minimum absolute atomic E-state index is 0.875. The van der Waals surface area contributed by atoms with Gasteiger partial charge in [-0.1, -0.05) is 12.1 Å². The smallest absolute Gasteiger partial charge is 0.0267 e. The molecular formula is C10H10Br2FeN2. The van der Waals surface area contributed by atoms with E-state index in [1.807, 2.05) is 36.4 Å². The summed E-state index contributed by atoms with van der Waals surface area (Å²) in [6.07, 6.45) is 7.00. The van der Waals surface area contributed by atoms with Crippen LogP contribution < -0.4 is 0 Å². The minimum atomic E-state index is 0.875. The van der Waals surface area contributed by atoms with E-state index in [9.17, 15) is 0 Å². The average Bonchev–Trinajstić information content (AvgIpc) is 2.35. The van der Waals surface area contributed by atoms with Gasteiger partial charge in [0.15, 0.2) is 0 Å². The molecule has 0 fully saturated rings. The van der Waals surface area contributed by atoms with Crippen LogP contribution in [-0.2, 0) is 11.3 Å². The average molecular weight is 374 g/mol. The summed E-state index contributed by atoms with van der Waals surface area (Å²) < 4.78 is 0. The van der Waals surface area contributed by atoms with Gasteiger partial charge in [-0.15, -0.1) is 0 Å². The van der Waals surface area contributed by atoms with Crippen molar-refractivity contribution in [3.63, 3.8) is 0 Å². The molecule has 2 aromatic rings. The fourth-order valence-corrected chi connectivity index (χ4v) is 0.625. The van der Waals surface area contributed by atoms with E-state index in [1.165, 1.54) is 0 Å². The number of halogens is 2. The van der Waals surface area contributed by atoms with E-state index < -0.39 is 0 Å². The van der Waals surface area contributed by atoms with Crippen LogP contribution in [0.4, 0.5) is 0 Å². The van der Waals surface area contributed by atoms with Gasteiger partial charge in [-0.05, 0) is 24.3 Å². The zero-order valence-electron chi connectivity index (χ0n) is 7.78. The maximum atomic E-state index is 3.78. The fourth-order valence-electron chi connectivity index (χ4n) is 0.625. The predicted molar refractivity (Wildman–Crippen MR) is 66.3 cm³/mol. The Morgan fingerprint density at radius 1 is 0.600 bits per heavy atom. The Balaban J connectivity index is 0.000000210. The van der Waals surface area contributed by atoms with Crippen molar-refractivity contribution < 1.29 is 11.3 Å². The van der Waals surface area contributed by atoms with Crippen LogP contribution in [0.3, 0.4) is 0 Å². The molecule has 2 nitrogen and oxygen atoms in total. The molecular weight excluding hydrogens is 364 g/mol. The van der Waals surface area contributed by atoms with Crippen molar-refractivity contribution in [1.29, 1.82) is 0 Å². The van der Waals surface area contributed by atoms with E-state index >= 15 is 0 Å². The topological polar surface area (TPSA) is 25.8 Å². The summed E-state index contributed by atoms with van der Waals surface area (Å²) in [4.78, 5) is 7.57. The molecule has 0 unspecified atom stereocenters. The number of rotatable bonds is 0. The van der Waals surface area contributed by atoms with Crippen molar-refractivity contribution in [1.82, 2.24) is 9.97 Å². The zero-order chi connectivity index (χ0) is 11.2. The molecule has 0 saturated heterocycles. The molecule has 0 aliphatic rings. The number of aromatic nitrogens is 2. The summed E-state index contributed by atoms with van der Waals surface area (Å²) in [5, 5.41) is 0. The number of pyridine rings is 2. The second-order valence-corrected chi connectivity index (χ2v) is 7.67. The molecule has 0 aliphatic heterocycles. The Hall–Kier alpha value is -0.221. The summed E-state index contributed by atoms with van der Waals surface area (Å²) >= 11 is 7.00. The van der Waals surface area contributed by atoms with Gasteiger partial charge in [-0.2, -0.15) is 0 Å². The summed E-state index contributed by atoms with van der Waals surface area (Å²) in [7, 11) is 0. The predicted octanol–water partition coefficient (Wildman–Crippen LogP) is 3.85. The number of hydrogen-bond donors (Lipinski definition) is 0. The van der Waals surface area contributed by atoms with Crippen molar-refractivity contribution >= 4 is 28.2 Å². The second-order valence-electron chi connectivity index (χ2n) is 2.10. The molecule has 0 saturated carbocycles. The van der Waals surface area contributed by atoms with Gasteiger partial charge in [-0.3, -0.25) is 9.97 Å². The fraction of sp³-hybridized carbons (Fsp3) is 0. The molecule has 2 rings (SSSR count). The molecule has 0 atom stereocenters. The van der Waals surface area contributed by atoms with Gasteiger partial charge < -0.3 is 0 Å². The first-order valence-electron chi connectivity index (χ1n) is 3.97. The third-order valence-corrected chi connectivity index (χ3v) is 1.13. The third kappa shape index (κ3) is 13.8. The Labute approximate surface area is 110 Å². The van der Waals surface area contributed by atoms with E-state index in [1.54, 1.807) is 24.8 Å². The molecule has 0 radical (unpaired) electrons. The normalized spacial score (nSPS) is 7.87. The van der Waals surface area contributed by atoms with E-state index in [0.717, 1.165) is 11.3 Å². The quantitative estimate of drug-likeness (QED) is 0.655. The van der Waals surface area contributed by atoms with Gasteiger partial charge in [0.05, 0.1) is 0 Å². The van der Waals surface area contributed by atoms with Crippen molar-refractivity contribution in [3.8, 4) is 0 Å². The summed E-state index contributed by atoms with van der Waals surface area (Å²) in [5.41, 5.74) is 0. The molecule has 82 valence electrons. The summed E-state index contributed by atoms with van der Waals surface area (Å²) in [6, 6.07) is 11.4. The molecule has 0 amide bonds. The second kappa shape index (κ2) is 13.8. The maximum Gasteiger partial charge on any atom is 0.0267 e. The Morgan fingerprint density at radius 2 is 0.867 bits per heavy atom. The summed E-state index contributed by atoms with van der Waals surface area (Å²) in [5.74, 6) is 0. The van der Waals surface area contributed by atoms with Gasteiger partial charge in [0.25, 0.3) is 0 Å². The molecule has 0 aliphatic carbocycles. The van der Waals surface area contributed by atoms with Gasteiger partial charge in [0.1, 0.15) is 0 Å². The Morgan fingerprint density at radius 3 is 0.933 bits per heavy atom. The van der Waals surface area contributed by atoms with Gasteiger partial charge in [0, 0.05) is 24.8 Å². The Bertz CT molecular complexity index is 210. The van der Waals surface area contributed by atoms with E-state index in [0.29, 0.717) is 0 Å². The molecule has 0 aromatic carbocycles. The number of hydrogen-bond acceptors (Lipinski definition) is 2. The largest absolute Gasteiger partial charge is 0.265 e. The van der Waals surface area contributed by atoms with Crippen LogP contribution in [0.15, 0.2) is 61.2 Å². The molecule has 2 aromatic heterocycles. The van der Waals surface area contributed by atoms with E-state index in [-0.39, 0.29) is 0 Å². The molecule has 0 spiro atoms. The minimum Gasteiger partial charge on any atom is -0.265 e. The van der Waals surface area contributed by atoms with Crippen LogP contribution in [0, 0.1) is 0 Å². The SMILES string of the molecule is [Br][Fe][Br].c1ccncc1.c1ccncc1. The van der Waals surface area contributed by atoms with Crippen LogP contribution in [0.5, 0.6) is 0 Å². The van der Waals surface area contributed by atoms with Crippen molar-refractivity contribution in [2.75, 3.05) is 0 Å². The zero-order valence-corrected chi connectivity index (χ0v) is 12.1. The first-order chi connectivity index (χ1) is 7.41. The first kappa shape index (κ1) is 14.8. The first-order valence-corrected chi connectivity index (χ1v) is 9.43. The number of nitrogens with zero attached hydrogens (tertiary/aromatic N) is 2. The van der Waals surface area contributed by atoms with Crippen molar-refractivity contribution in [2.24, 2.45) is 0 Å². The van der Waals surface area contributed by atoms with Gasteiger partial charge in [0.2, 0.25) is 0 Å². The third-order valence-electron chi connectivity index (χ3n) is 1.13. The van der Waals surface area contributed by atoms with Crippen LogP contribution in [-0.4, -0.2) is 9.97 Å². The van der Waals surface area contributed by atoms with Gasteiger partial charge >= 0.3 is 39.6 Å². The van der Waals surface area contributed by atoms with Crippen molar-refractivity contribution in [2.45, 2.75) is 0 Å². The molecule has 0 N–H and O–H groups in total. The van der Waals surface area contributed by atoms with Crippen LogP contribution in [0.1, 0.15) is 0 Å². The summed E-state index contributed by atoms with van der Waals surface area (Å²) in [6.45, 7) is 0. The van der Waals surface area contributed by atoms with E-state index in [4.69, 9.17) is 0 Å². The van der Waals surface area contributed by atoms with Gasteiger partial charge in [-0.25, -0.2) is 0 Å². The molecule has 2 heterocycles. The molecule has 5 heteroatoms.